The molecular formula is C21H18N4O3. The van der Waals surface area contributed by atoms with E-state index in [1.807, 2.05) is 24.3 Å². The van der Waals surface area contributed by atoms with Crippen molar-refractivity contribution in [2.24, 2.45) is 0 Å². The Labute approximate surface area is 160 Å². The van der Waals surface area contributed by atoms with Gasteiger partial charge in [0.2, 0.25) is 5.91 Å². The number of aryl methyl sites for hydroxylation is 1. The number of carbonyl (C=O) groups excluding carboxylic acids is 1. The highest BCUT2D eigenvalue weighted by Gasteiger charge is 2.09. The van der Waals surface area contributed by atoms with Crippen LogP contribution in [0, 0.1) is 18.8 Å². The number of hydrogen-bond donors (Lipinski definition) is 3. The summed E-state index contributed by atoms with van der Waals surface area (Å²) in [5.41, 5.74) is 1.86. The normalized spacial score (nSPS) is 10.0. The molecule has 3 N–H and O–H groups in total. The van der Waals surface area contributed by atoms with Gasteiger partial charge in [-0.05, 0) is 49.6 Å². The highest BCUT2D eigenvalue weighted by molar-refractivity contribution is 5.91. The molecule has 2 heterocycles. The first-order chi connectivity index (χ1) is 13.5. The maximum atomic E-state index is 12.2. The van der Waals surface area contributed by atoms with Crippen LogP contribution in [0.25, 0.3) is 0 Å². The number of aromatic nitrogens is 3. The highest BCUT2D eigenvalue weighted by Crippen LogP contribution is 2.11. The number of pyridine rings is 1. The Kier molecular flexibility index (Phi) is 5.82. The number of H-pyrrole nitrogens is 2. The maximum absolute atomic E-state index is 12.2. The number of nitrogens with one attached hydrogen (secondary N) is 3. The monoisotopic (exact) mass is 374 g/mol. The molecule has 0 saturated carbocycles. The zero-order valence-electron chi connectivity index (χ0n) is 15.2. The van der Waals surface area contributed by atoms with Gasteiger partial charge in [-0.2, -0.15) is 0 Å². The number of hydrogen-bond acceptors (Lipinski definition) is 4. The van der Waals surface area contributed by atoms with E-state index >= 15 is 0 Å². The molecule has 0 radical (unpaired) electrons. The average Bonchev–Trinajstić information content (AvgIpc) is 2.66. The molecule has 0 aliphatic rings. The van der Waals surface area contributed by atoms with Crippen LogP contribution in [0.1, 0.15) is 28.9 Å². The lowest BCUT2D eigenvalue weighted by Crippen LogP contribution is -2.27. The smallest absolute Gasteiger partial charge is 0.325 e. The Morgan fingerprint density at radius 3 is 2.71 bits per heavy atom. The molecule has 2 aromatic heterocycles. The minimum atomic E-state index is -0.556. The lowest BCUT2D eigenvalue weighted by atomic mass is 10.1. The number of amides is 1. The van der Waals surface area contributed by atoms with Gasteiger partial charge >= 0.3 is 5.69 Å². The van der Waals surface area contributed by atoms with E-state index in [4.69, 9.17) is 0 Å². The van der Waals surface area contributed by atoms with Crippen LogP contribution in [0.15, 0.2) is 58.3 Å². The summed E-state index contributed by atoms with van der Waals surface area (Å²) in [6, 6.07) is 12.7. The Balaban J connectivity index is 1.64. The van der Waals surface area contributed by atoms with Gasteiger partial charge < -0.3 is 10.3 Å². The van der Waals surface area contributed by atoms with Gasteiger partial charge in [-0.15, -0.1) is 0 Å². The van der Waals surface area contributed by atoms with Crippen molar-refractivity contribution in [3.63, 3.8) is 0 Å². The van der Waals surface area contributed by atoms with Crippen molar-refractivity contribution in [3.05, 3.63) is 92.0 Å². The molecule has 0 bridgehead atoms. The van der Waals surface area contributed by atoms with Gasteiger partial charge in [-0.25, -0.2) is 9.78 Å². The van der Waals surface area contributed by atoms with Gasteiger partial charge in [0.05, 0.1) is 0 Å². The highest BCUT2D eigenvalue weighted by atomic mass is 16.2. The second-order valence-electron chi connectivity index (χ2n) is 6.11. The first kappa shape index (κ1) is 18.9. The largest absolute Gasteiger partial charge is 0.326 e. The molecule has 1 aromatic carbocycles. The van der Waals surface area contributed by atoms with Crippen molar-refractivity contribution < 1.29 is 4.79 Å². The predicted molar refractivity (Wildman–Crippen MR) is 106 cm³/mol. The van der Waals surface area contributed by atoms with E-state index in [2.05, 4.69) is 32.1 Å². The van der Waals surface area contributed by atoms with Crippen molar-refractivity contribution in [2.75, 3.05) is 5.32 Å². The van der Waals surface area contributed by atoms with Crippen molar-refractivity contribution in [3.8, 4) is 11.8 Å². The number of rotatable bonds is 4. The van der Waals surface area contributed by atoms with E-state index in [1.54, 1.807) is 31.3 Å². The van der Waals surface area contributed by atoms with E-state index in [-0.39, 0.29) is 18.7 Å². The minimum Gasteiger partial charge on any atom is -0.326 e. The Hall–Kier alpha value is -3.92. The summed E-state index contributed by atoms with van der Waals surface area (Å²) in [6.45, 7) is 1.63. The number of benzene rings is 1. The third kappa shape index (κ3) is 5.05. The summed E-state index contributed by atoms with van der Waals surface area (Å²) >= 11 is 0. The predicted octanol–water partition coefficient (Wildman–Crippen LogP) is 1.74. The molecule has 0 atom stereocenters. The zero-order valence-corrected chi connectivity index (χ0v) is 15.2. The van der Waals surface area contributed by atoms with Crippen molar-refractivity contribution >= 4 is 11.6 Å². The van der Waals surface area contributed by atoms with Gasteiger partial charge in [-0.3, -0.25) is 14.6 Å². The van der Waals surface area contributed by atoms with Gasteiger partial charge in [0.15, 0.2) is 0 Å². The van der Waals surface area contributed by atoms with Crippen LogP contribution < -0.4 is 16.6 Å². The van der Waals surface area contributed by atoms with E-state index in [9.17, 15) is 14.4 Å². The third-order valence-corrected chi connectivity index (χ3v) is 4.00. The lowest BCUT2D eigenvalue weighted by Gasteiger charge is -2.06. The van der Waals surface area contributed by atoms with Crippen molar-refractivity contribution in [1.82, 2.24) is 15.0 Å². The number of nitrogens with zero attached hydrogens (tertiary/aromatic N) is 1. The first-order valence-electron chi connectivity index (χ1n) is 8.66. The Morgan fingerprint density at radius 2 is 1.96 bits per heavy atom. The lowest BCUT2D eigenvalue weighted by molar-refractivity contribution is -0.116. The molecule has 3 aromatic rings. The molecule has 7 heteroatoms. The van der Waals surface area contributed by atoms with Crippen molar-refractivity contribution in [1.29, 1.82) is 0 Å². The fourth-order valence-electron chi connectivity index (χ4n) is 2.64. The number of anilines is 1. The zero-order chi connectivity index (χ0) is 19.9. The summed E-state index contributed by atoms with van der Waals surface area (Å²) in [5, 5.41) is 2.79. The Bertz CT molecular complexity index is 1170. The summed E-state index contributed by atoms with van der Waals surface area (Å²) in [6.07, 6.45) is 2.01. The van der Waals surface area contributed by atoms with Crippen LogP contribution in [0.2, 0.25) is 0 Å². The molecule has 140 valence electrons. The van der Waals surface area contributed by atoms with Crippen LogP contribution in [-0.4, -0.2) is 20.9 Å². The van der Waals surface area contributed by atoms with Crippen LogP contribution in [0.3, 0.4) is 0 Å². The van der Waals surface area contributed by atoms with E-state index in [0.29, 0.717) is 22.6 Å². The van der Waals surface area contributed by atoms with Gasteiger partial charge in [-0.1, -0.05) is 18.1 Å². The molecule has 0 unspecified atom stereocenters. The molecule has 0 aliphatic heterocycles. The quantitative estimate of drug-likeness (QED) is 0.605. The fraction of sp³-hybridized carbons (Fsp3) is 0.143. The molecular weight excluding hydrogens is 356 g/mol. The van der Waals surface area contributed by atoms with E-state index in [1.165, 1.54) is 0 Å². The molecule has 0 saturated heterocycles. The second-order valence-corrected chi connectivity index (χ2v) is 6.11. The average molecular weight is 374 g/mol. The molecule has 0 fully saturated rings. The first-order valence-corrected chi connectivity index (χ1v) is 8.66. The molecule has 7 nitrogen and oxygen atoms in total. The van der Waals surface area contributed by atoms with E-state index in [0.717, 1.165) is 5.56 Å². The summed E-state index contributed by atoms with van der Waals surface area (Å²) in [4.78, 5) is 44.1. The van der Waals surface area contributed by atoms with Crippen LogP contribution >= 0.6 is 0 Å². The topological polar surface area (TPSA) is 108 Å². The maximum Gasteiger partial charge on any atom is 0.325 e. The summed E-state index contributed by atoms with van der Waals surface area (Å²) in [7, 11) is 0. The SMILES string of the molecule is Cc1[nH]c(=O)[nH]c(=O)c1CCC(=O)Nc1cccc(C#Cc2ccccn2)c1. The number of carbonyl (C=O) groups is 1. The molecule has 0 spiro atoms. The molecule has 1 amide bonds. The fourth-order valence-corrected chi connectivity index (χ4v) is 2.64. The minimum absolute atomic E-state index is 0.111. The van der Waals surface area contributed by atoms with Gasteiger partial charge in [0, 0.05) is 35.1 Å². The molecule has 3 rings (SSSR count). The summed E-state index contributed by atoms with van der Waals surface area (Å²) in [5.74, 6) is 5.74. The van der Waals surface area contributed by atoms with Gasteiger partial charge in [0.1, 0.15) is 5.69 Å². The summed E-state index contributed by atoms with van der Waals surface area (Å²) < 4.78 is 0. The number of aromatic amines is 2. The standard InChI is InChI=1S/C21H18N4O3/c1-14-18(20(27)25-21(28)23-14)10-11-19(26)24-17-7-4-5-15(13-17)8-9-16-6-2-3-12-22-16/h2-7,12-13H,10-11H2,1H3,(H,24,26)(H2,23,25,27,28). The van der Waals surface area contributed by atoms with Crippen LogP contribution in [0.4, 0.5) is 5.69 Å². The molecule has 28 heavy (non-hydrogen) atoms. The van der Waals surface area contributed by atoms with Crippen LogP contribution in [0.5, 0.6) is 0 Å². The van der Waals surface area contributed by atoms with Crippen LogP contribution in [-0.2, 0) is 11.2 Å². The second kappa shape index (κ2) is 8.64. The van der Waals surface area contributed by atoms with E-state index < -0.39 is 11.2 Å². The van der Waals surface area contributed by atoms with Crippen molar-refractivity contribution in [2.45, 2.75) is 19.8 Å². The Morgan fingerprint density at radius 1 is 1.11 bits per heavy atom. The molecule has 0 aliphatic carbocycles. The third-order valence-electron chi connectivity index (χ3n) is 4.00. The van der Waals surface area contributed by atoms with Gasteiger partial charge in [0.25, 0.3) is 5.56 Å².